The Bertz CT molecular complexity index is 225. The minimum Gasteiger partial charge on any atom is -0.872 e. The van der Waals surface area contributed by atoms with E-state index in [1.807, 2.05) is 6.92 Å². The molecule has 48 valence electrons. The molecule has 0 saturated heterocycles. The Morgan fingerprint density at radius 2 is 2.00 bits per heavy atom. The van der Waals surface area contributed by atoms with Crippen molar-refractivity contribution < 1.29 is 34.7 Å². The summed E-state index contributed by atoms with van der Waals surface area (Å²) in [4.78, 5) is 0.523. The van der Waals surface area contributed by atoms with Crippen LogP contribution >= 0.6 is 12.6 Å². The smallest absolute Gasteiger partial charge is 0.872 e. The number of rotatable bonds is 0. The van der Waals surface area contributed by atoms with Crippen LogP contribution in [0.3, 0.4) is 0 Å². The number of hydrogen-bond donors (Lipinski definition) is 1. The zero-order valence-electron chi connectivity index (χ0n) is 6.09. The molecule has 0 aromatic heterocycles. The van der Waals surface area contributed by atoms with Gasteiger partial charge in [0.05, 0.1) is 0 Å². The number of thiol groups is 1. The first-order chi connectivity index (χ1) is 4.20. The molecule has 0 N–H and O–H groups in total. The van der Waals surface area contributed by atoms with Crippen LogP contribution in [0.2, 0.25) is 0 Å². The van der Waals surface area contributed by atoms with Gasteiger partial charge in [-0.3, -0.25) is 0 Å². The third-order valence-corrected chi connectivity index (χ3v) is 1.46. The minimum atomic E-state index is -0.0102. The fourth-order valence-corrected chi connectivity index (χ4v) is 0.906. The fraction of sp³-hybridized carbons (Fsp3) is 0.143. The van der Waals surface area contributed by atoms with Gasteiger partial charge in [-0.15, -0.1) is 12.6 Å². The molecule has 0 aliphatic rings. The van der Waals surface area contributed by atoms with Gasteiger partial charge in [-0.05, 0) is 17.9 Å². The second-order valence-electron chi connectivity index (χ2n) is 1.97. The van der Waals surface area contributed by atoms with E-state index in [4.69, 9.17) is 0 Å². The molecule has 1 rings (SSSR count). The van der Waals surface area contributed by atoms with Crippen LogP contribution in [0.15, 0.2) is 23.1 Å². The molecular weight excluding hydrogens is 155 g/mol. The van der Waals surface area contributed by atoms with E-state index in [1.165, 1.54) is 6.07 Å². The summed E-state index contributed by atoms with van der Waals surface area (Å²) in [6, 6.07) is 5.06. The molecule has 0 saturated carbocycles. The first kappa shape index (κ1) is 10.4. The monoisotopic (exact) mass is 162 g/mol. The molecule has 0 unspecified atom stereocenters. The molecule has 0 heterocycles. The normalized spacial score (nSPS) is 8.60. The minimum absolute atomic E-state index is 0. The van der Waals surface area contributed by atoms with Gasteiger partial charge >= 0.3 is 29.6 Å². The van der Waals surface area contributed by atoms with Crippen LogP contribution in [0.4, 0.5) is 0 Å². The second-order valence-corrected chi connectivity index (χ2v) is 2.45. The Hall–Kier alpha value is 0.370. The van der Waals surface area contributed by atoms with Gasteiger partial charge in [-0.25, -0.2) is 0 Å². The molecule has 1 aromatic carbocycles. The molecule has 1 aromatic rings. The van der Waals surface area contributed by atoms with Gasteiger partial charge in [0, 0.05) is 0 Å². The zero-order valence-corrected chi connectivity index (χ0v) is 8.98. The van der Waals surface area contributed by atoms with E-state index >= 15 is 0 Å². The first-order valence-electron chi connectivity index (χ1n) is 2.67. The van der Waals surface area contributed by atoms with Crippen molar-refractivity contribution in [2.45, 2.75) is 11.8 Å². The van der Waals surface area contributed by atoms with Gasteiger partial charge in [-0.1, -0.05) is 23.4 Å². The van der Waals surface area contributed by atoms with Crippen LogP contribution in [0.25, 0.3) is 0 Å². The van der Waals surface area contributed by atoms with E-state index in [1.54, 1.807) is 12.1 Å². The van der Waals surface area contributed by atoms with E-state index < -0.39 is 0 Å². The van der Waals surface area contributed by atoms with E-state index in [0.29, 0.717) is 4.90 Å². The number of aryl methyl sites for hydroxylation is 1. The average Bonchev–Trinajstić information content (AvgIpc) is 1.80. The summed E-state index contributed by atoms with van der Waals surface area (Å²) < 4.78 is 0. The standard InChI is InChI=1S/C7H8OS.Na/c1-5-2-3-6(8)7(9)4-5;/h2-4,8-9H,1H3;/q;+1/p-1. The van der Waals surface area contributed by atoms with E-state index in [0.717, 1.165) is 5.56 Å². The molecule has 0 bridgehead atoms. The molecule has 0 spiro atoms. The van der Waals surface area contributed by atoms with Crippen LogP contribution in [0.1, 0.15) is 5.56 Å². The second kappa shape index (κ2) is 4.29. The van der Waals surface area contributed by atoms with Crippen LogP contribution < -0.4 is 34.7 Å². The van der Waals surface area contributed by atoms with E-state index in [2.05, 4.69) is 12.6 Å². The summed E-state index contributed by atoms with van der Waals surface area (Å²) in [5.41, 5.74) is 1.07. The summed E-state index contributed by atoms with van der Waals surface area (Å²) in [5, 5.41) is 10.7. The van der Waals surface area contributed by atoms with Crippen molar-refractivity contribution in [3.63, 3.8) is 0 Å². The van der Waals surface area contributed by atoms with Crippen LogP contribution in [0, 0.1) is 6.92 Å². The van der Waals surface area contributed by atoms with Crippen molar-refractivity contribution in [3.8, 4) is 5.75 Å². The molecule has 0 fully saturated rings. The van der Waals surface area contributed by atoms with Gasteiger partial charge in [-0.2, -0.15) is 0 Å². The topological polar surface area (TPSA) is 23.1 Å². The van der Waals surface area contributed by atoms with Gasteiger partial charge in [0.25, 0.3) is 0 Å². The quantitative estimate of drug-likeness (QED) is 0.359. The molecule has 1 nitrogen and oxygen atoms in total. The zero-order chi connectivity index (χ0) is 6.85. The maximum Gasteiger partial charge on any atom is 1.00 e. The number of hydrogen-bond acceptors (Lipinski definition) is 2. The third-order valence-electron chi connectivity index (χ3n) is 1.11. The Balaban J connectivity index is 0.000000810. The summed E-state index contributed by atoms with van der Waals surface area (Å²) >= 11 is 3.96. The molecule has 0 atom stereocenters. The molecule has 0 amide bonds. The van der Waals surface area contributed by atoms with Crippen molar-refractivity contribution in [2.75, 3.05) is 0 Å². The van der Waals surface area contributed by atoms with Crippen molar-refractivity contribution in [1.82, 2.24) is 0 Å². The molecule has 3 heteroatoms. The van der Waals surface area contributed by atoms with Crippen molar-refractivity contribution >= 4 is 12.6 Å². The number of benzene rings is 1. The molecule has 10 heavy (non-hydrogen) atoms. The van der Waals surface area contributed by atoms with Gasteiger partial charge in [0.15, 0.2) is 0 Å². The average molecular weight is 162 g/mol. The predicted molar refractivity (Wildman–Crippen MR) is 37.9 cm³/mol. The maximum absolute atomic E-state index is 10.7. The SMILES string of the molecule is Cc1ccc([O-])c(S)c1.[Na+]. The molecular formula is C7H7NaOS. The summed E-state index contributed by atoms with van der Waals surface area (Å²) in [7, 11) is 0. The van der Waals surface area contributed by atoms with Crippen LogP contribution in [-0.4, -0.2) is 0 Å². The van der Waals surface area contributed by atoms with Crippen LogP contribution in [-0.2, 0) is 0 Å². The van der Waals surface area contributed by atoms with Crippen molar-refractivity contribution in [2.24, 2.45) is 0 Å². The van der Waals surface area contributed by atoms with Crippen LogP contribution in [0.5, 0.6) is 5.75 Å². The maximum atomic E-state index is 10.7. The van der Waals surface area contributed by atoms with Crippen molar-refractivity contribution in [3.05, 3.63) is 23.8 Å². The summed E-state index contributed by atoms with van der Waals surface area (Å²) in [6.07, 6.45) is 0. The van der Waals surface area contributed by atoms with Gasteiger partial charge in [0.1, 0.15) is 0 Å². The van der Waals surface area contributed by atoms with E-state index in [-0.39, 0.29) is 35.3 Å². The van der Waals surface area contributed by atoms with Crippen molar-refractivity contribution in [1.29, 1.82) is 0 Å². The molecule has 0 aliphatic heterocycles. The Kier molecular flexibility index (Phi) is 4.45. The fourth-order valence-electron chi connectivity index (χ4n) is 0.627. The largest absolute Gasteiger partial charge is 1.00 e. The Labute approximate surface area is 88.2 Å². The van der Waals surface area contributed by atoms with E-state index in [9.17, 15) is 5.11 Å². The summed E-state index contributed by atoms with van der Waals surface area (Å²) in [6.45, 7) is 1.93. The Morgan fingerprint density at radius 3 is 2.40 bits per heavy atom. The first-order valence-corrected chi connectivity index (χ1v) is 3.11. The van der Waals surface area contributed by atoms with Gasteiger partial charge in [0.2, 0.25) is 0 Å². The summed E-state index contributed by atoms with van der Waals surface area (Å²) in [5.74, 6) is -0.0102. The predicted octanol–water partition coefficient (Wildman–Crippen LogP) is -1.64. The van der Waals surface area contributed by atoms with Gasteiger partial charge < -0.3 is 5.11 Å². The molecule has 0 radical (unpaired) electrons. The third kappa shape index (κ3) is 2.54. The Morgan fingerprint density at radius 1 is 1.40 bits per heavy atom. The molecule has 0 aliphatic carbocycles.